The molecule has 1 atom stereocenters. The maximum absolute atomic E-state index is 3.71. The molecule has 1 fully saturated rings. The first kappa shape index (κ1) is 12.1. The minimum absolute atomic E-state index is 0.617. The van der Waals surface area contributed by atoms with E-state index in [0.717, 1.165) is 12.5 Å². The van der Waals surface area contributed by atoms with Gasteiger partial charge in [-0.05, 0) is 50.8 Å². The molecule has 0 aromatic carbocycles. The summed E-state index contributed by atoms with van der Waals surface area (Å²) >= 11 is 1.99. The number of hydrogen-bond acceptors (Lipinski definition) is 2. The van der Waals surface area contributed by atoms with E-state index in [9.17, 15) is 0 Å². The fourth-order valence-electron chi connectivity index (χ4n) is 2.95. The number of thiophene rings is 1. The second-order valence-electron chi connectivity index (χ2n) is 4.98. The van der Waals surface area contributed by atoms with E-state index in [2.05, 4.69) is 32.2 Å². The highest BCUT2D eigenvalue weighted by Gasteiger charge is 2.27. The lowest BCUT2D eigenvalue weighted by atomic mass is 9.95. The molecule has 0 saturated heterocycles. The zero-order valence-corrected chi connectivity index (χ0v) is 11.5. The van der Waals surface area contributed by atoms with E-state index in [1.807, 2.05) is 11.3 Å². The van der Waals surface area contributed by atoms with Crippen LogP contribution in [0, 0.1) is 19.8 Å². The molecule has 0 amide bonds. The summed E-state index contributed by atoms with van der Waals surface area (Å²) in [6.45, 7) is 7.78. The number of aryl methyl sites for hydroxylation is 2. The van der Waals surface area contributed by atoms with E-state index in [4.69, 9.17) is 0 Å². The maximum atomic E-state index is 3.71. The van der Waals surface area contributed by atoms with Crippen LogP contribution < -0.4 is 5.32 Å². The van der Waals surface area contributed by atoms with Crippen LogP contribution in [-0.4, -0.2) is 6.54 Å². The van der Waals surface area contributed by atoms with Crippen LogP contribution in [0.4, 0.5) is 0 Å². The van der Waals surface area contributed by atoms with Crippen LogP contribution in [-0.2, 0) is 0 Å². The molecule has 0 spiro atoms. The standard InChI is InChI=1S/C14H23NS/c1-4-15-13(12-7-5-6-8-12)14-10(2)9-11(3)16-14/h9,12-13,15H,4-8H2,1-3H3. The first-order chi connectivity index (χ1) is 7.72. The summed E-state index contributed by atoms with van der Waals surface area (Å²) in [4.78, 5) is 3.04. The van der Waals surface area contributed by atoms with Gasteiger partial charge >= 0.3 is 0 Å². The predicted molar refractivity (Wildman–Crippen MR) is 72.2 cm³/mol. The fraction of sp³-hybridized carbons (Fsp3) is 0.714. The molecule has 2 heteroatoms. The van der Waals surface area contributed by atoms with Gasteiger partial charge in [0.1, 0.15) is 0 Å². The van der Waals surface area contributed by atoms with Crippen LogP contribution >= 0.6 is 11.3 Å². The van der Waals surface area contributed by atoms with Crippen LogP contribution in [0.15, 0.2) is 6.07 Å². The van der Waals surface area contributed by atoms with Crippen molar-refractivity contribution in [3.63, 3.8) is 0 Å². The quantitative estimate of drug-likeness (QED) is 0.827. The highest BCUT2D eigenvalue weighted by molar-refractivity contribution is 7.12. The van der Waals surface area contributed by atoms with E-state index >= 15 is 0 Å². The van der Waals surface area contributed by atoms with Gasteiger partial charge in [-0.15, -0.1) is 11.3 Å². The van der Waals surface area contributed by atoms with Crippen molar-refractivity contribution in [3.05, 3.63) is 21.4 Å². The van der Waals surface area contributed by atoms with Crippen molar-refractivity contribution >= 4 is 11.3 Å². The van der Waals surface area contributed by atoms with E-state index in [0.29, 0.717) is 6.04 Å². The van der Waals surface area contributed by atoms with Crippen molar-refractivity contribution in [2.24, 2.45) is 5.92 Å². The molecule has 1 heterocycles. The Kier molecular flexibility index (Phi) is 4.04. The summed E-state index contributed by atoms with van der Waals surface area (Å²) in [6, 6.07) is 2.95. The van der Waals surface area contributed by atoms with Gasteiger partial charge in [-0.3, -0.25) is 0 Å². The summed E-state index contributed by atoms with van der Waals surface area (Å²) in [5.74, 6) is 0.872. The highest BCUT2D eigenvalue weighted by atomic mass is 32.1. The molecule has 1 N–H and O–H groups in total. The average Bonchev–Trinajstić information content (AvgIpc) is 2.85. The van der Waals surface area contributed by atoms with E-state index < -0.39 is 0 Å². The van der Waals surface area contributed by atoms with Crippen LogP contribution in [0.3, 0.4) is 0 Å². The molecule has 1 aromatic heterocycles. The molecule has 0 radical (unpaired) electrons. The molecule has 0 bridgehead atoms. The molecule has 1 aliphatic carbocycles. The van der Waals surface area contributed by atoms with E-state index in [1.54, 1.807) is 4.88 Å². The Hall–Kier alpha value is -0.340. The zero-order chi connectivity index (χ0) is 11.5. The molecular weight excluding hydrogens is 214 g/mol. The summed E-state index contributed by atoms with van der Waals surface area (Å²) < 4.78 is 0. The Morgan fingerprint density at radius 2 is 2.06 bits per heavy atom. The van der Waals surface area contributed by atoms with Gasteiger partial charge in [-0.2, -0.15) is 0 Å². The van der Waals surface area contributed by atoms with E-state index in [1.165, 1.54) is 36.1 Å². The monoisotopic (exact) mass is 237 g/mol. The predicted octanol–water partition coefficient (Wildman–Crippen LogP) is 4.21. The van der Waals surface area contributed by atoms with Crippen LogP contribution in [0.2, 0.25) is 0 Å². The summed E-state index contributed by atoms with van der Waals surface area (Å²) in [6.07, 6.45) is 5.67. The molecule has 1 saturated carbocycles. The van der Waals surface area contributed by atoms with Gasteiger partial charge in [0, 0.05) is 15.8 Å². The third-order valence-electron chi connectivity index (χ3n) is 3.66. The molecule has 1 aromatic rings. The van der Waals surface area contributed by atoms with Crippen molar-refractivity contribution in [2.75, 3.05) is 6.54 Å². The van der Waals surface area contributed by atoms with Gasteiger partial charge in [0.25, 0.3) is 0 Å². The number of nitrogens with one attached hydrogen (secondary N) is 1. The summed E-state index contributed by atoms with van der Waals surface area (Å²) in [5, 5.41) is 3.71. The van der Waals surface area contributed by atoms with Crippen LogP contribution in [0.1, 0.15) is 54.0 Å². The lowest BCUT2D eigenvalue weighted by Gasteiger charge is -2.24. The Balaban J connectivity index is 2.20. The maximum Gasteiger partial charge on any atom is 0.0446 e. The molecule has 90 valence electrons. The van der Waals surface area contributed by atoms with Gasteiger partial charge in [-0.1, -0.05) is 19.8 Å². The Labute approximate surface area is 103 Å². The first-order valence-corrected chi connectivity index (χ1v) is 7.34. The molecule has 0 aliphatic heterocycles. The van der Waals surface area contributed by atoms with Gasteiger partial charge in [0.05, 0.1) is 0 Å². The molecule has 1 unspecified atom stereocenters. The molecular formula is C14H23NS. The zero-order valence-electron chi connectivity index (χ0n) is 10.7. The second kappa shape index (κ2) is 5.33. The van der Waals surface area contributed by atoms with Crippen molar-refractivity contribution in [1.29, 1.82) is 0 Å². The van der Waals surface area contributed by atoms with Crippen molar-refractivity contribution in [3.8, 4) is 0 Å². The van der Waals surface area contributed by atoms with E-state index in [-0.39, 0.29) is 0 Å². The molecule has 1 aliphatic rings. The normalized spacial score (nSPS) is 19.2. The Morgan fingerprint density at radius 3 is 2.56 bits per heavy atom. The molecule has 16 heavy (non-hydrogen) atoms. The average molecular weight is 237 g/mol. The first-order valence-electron chi connectivity index (χ1n) is 6.52. The largest absolute Gasteiger partial charge is 0.309 e. The molecule has 1 nitrogen and oxygen atoms in total. The topological polar surface area (TPSA) is 12.0 Å². The van der Waals surface area contributed by atoms with Gasteiger partial charge < -0.3 is 5.32 Å². The molecule has 2 rings (SSSR count). The van der Waals surface area contributed by atoms with Crippen molar-refractivity contribution in [1.82, 2.24) is 5.32 Å². The highest BCUT2D eigenvalue weighted by Crippen LogP contribution is 2.39. The fourth-order valence-corrected chi connectivity index (χ4v) is 4.16. The van der Waals surface area contributed by atoms with Crippen LogP contribution in [0.25, 0.3) is 0 Å². The second-order valence-corrected chi connectivity index (χ2v) is 6.27. The lowest BCUT2D eigenvalue weighted by molar-refractivity contribution is 0.378. The minimum atomic E-state index is 0.617. The number of hydrogen-bond donors (Lipinski definition) is 1. The van der Waals surface area contributed by atoms with Crippen LogP contribution in [0.5, 0.6) is 0 Å². The third-order valence-corrected chi connectivity index (χ3v) is 4.89. The summed E-state index contributed by atoms with van der Waals surface area (Å²) in [5.41, 5.74) is 1.49. The minimum Gasteiger partial charge on any atom is -0.309 e. The smallest absolute Gasteiger partial charge is 0.0446 e. The Bertz CT molecular complexity index is 337. The number of rotatable bonds is 4. The van der Waals surface area contributed by atoms with Crippen molar-refractivity contribution in [2.45, 2.75) is 52.5 Å². The van der Waals surface area contributed by atoms with Gasteiger partial charge in [0.15, 0.2) is 0 Å². The van der Waals surface area contributed by atoms with Gasteiger partial charge in [0.2, 0.25) is 0 Å². The van der Waals surface area contributed by atoms with Crippen molar-refractivity contribution < 1.29 is 0 Å². The SMILES string of the molecule is CCNC(c1sc(C)cc1C)C1CCCC1. The Morgan fingerprint density at radius 1 is 1.38 bits per heavy atom. The summed E-state index contributed by atoms with van der Waals surface area (Å²) in [7, 11) is 0. The van der Waals surface area contributed by atoms with Gasteiger partial charge in [-0.25, -0.2) is 0 Å². The third kappa shape index (κ3) is 2.49. The lowest BCUT2D eigenvalue weighted by Crippen LogP contribution is -2.26.